The van der Waals surface area contributed by atoms with Crippen molar-refractivity contribution in [2.24, 2.45) is 0 Å². The van der Waals surface area contributed by atoms with E-state index in [0.29, 0.717) is 11.3 Å². The highest BCUT2D eigenvalue weighted by molar-refractivity contribution is 7.09. The summed E-state index contributed by atoms with van der Waals surface area (Å²) < 4.78 is 0. The molecule has 0 aliphatic rings. The standard InChI is InChI=1S/C14H15N3S/c1-17(7-6-12-3-2-8-18-12)14-9-11(10-15)4-5-13(14)16/h2-5,8-9H,6-7,16H2,1H3. The summed E-state index contributed by atoms with van der Waals surface area (Å²) in [5.41, 5.74) is 8.22. The maximum Gasteiger partial charge on any atom is 0.0992 e. The van der Waals surface area contributed by atoms with Gasteiger partial charge >= 0.3 is 0 Å². The van der Waals surface area contributed by atoms with Crippen molar-refractivity contribution in [1.29, 1.82) is 5.26 Å². The molecule has 0 saturated carbocycles. The maximum absolute atomic E-state index is 8.91. The lowest BCUT2D eigenvalue weighted by atomic mass is 10.1. The molecular weight excluding hydrogens is 242 g/mol. The van der Waals surface area contributed by atoms with Crippen LogP contribution in [0.25, 0.3) is 0 Å². The third-order valence-corrected chi connectivity index (χ3v) is 3.78. The number of nitrogens with zero attached hydrogens (tertiary/aromatic N) is 2. The van der Waals surface area contributed by atoms with E-state index < -0.39 is 0 Å². The SMILES string of the molecule is CN(CCc1cccs1)c1cc(C#N)ccc1N. The summed E-state index contributed by atoms with van der Waals surface area (Å²) in [7, 11) is 2.00. The van der Waals surface area contributed by atoms with Crippen LogP contribution in [0.4, 0.5) is 11.4 Å². The summed E-state index contributed by atoms with van der Waals surface area (Å²) in [6.45, 7) is 0.888. The van der Waals surface area contributed by atoms with Crippen molar-refractivity contribution in [2.45, 2.75) is 6.42 Å². The molecule has 1 aromatic heterocycles. The van der Waals surface area contributed by atoms with E-state index in [4.69, 9.17) is 11.0 Å². The fraction of sp³-hybridized carbons (Fsp3) is 0.214. The predicted molar refractivity (Wildman–Crippen MR) is 76.9 cm³/mol. The second-order valence-corrected chi connectivity index (χ2v) is 5.17. The number of hydrogen-bond acceptors (Lipinski definition) is 4. The fourth-order valence-electron chi connectivity index (χ4n) is 1.80. The molecule has 0 fully saturated rings. The number of nitrogens with two attached hydrogens (primary N) is 1. The highest BCUT2D eigenvalue weighted by Crippen LogP contribution is 2.23. The van der Waals surface area contributed by atoms with Crippen LogP contribution in [0.5, 0.6) is 0 Å². The molecule has 1 heterocycles. The molecule has 3 nitrogen and oxygen atoms in total. The zero-order valence-electron chi connectivity index (χ0n) is 10.3. The summed E-state index contributed by atoms with van der Waals surface area (Å²) in [5, 5.41) is 11.0. The topological polar surface area (TPSA) is 53.0 Å². The number of hydrogen-bond donors (Lipinski definition) is 1. The number of nitrogen functional groups attached to an aromatic ring is 1. The van der Waals surface area contributed by atoms with Gasteiger partial charge in [-0.25, -0.2) is 0 Å². The molecule has 0 radical (unpaired) electrons. The van der Waals surface area contributed by atoms with Gasteiger partial charge in [0.05, 0.1) is 23.0 Å². The third-order valence-electron chi connectivity index (χ3n) is 2.84. The minimum Gasteiger partial charge on any atom is -0.397 e. The van der Waals surface area contributed by atoms with Gasteiger partial charge in [-0.2, -0.15) is 5.26 Å². The molecule has 92 valence electrons. The summed E-state index contributed by atoms with van der Waals surface area (Å²) in [6, 6.07) is 11.7. The highest BCUT2D eigenvalue weighted by atomic mass is 32.1. The Morgan fingerprint density at radius 3 is 2.89 bits per heavy atom. The molecule has 4 heteroatoms. The molecule has 0 aliphatic heterocycles. The van der Waals surface area contributed by atoms with Crippen LogP contribution >= 0.6 is 11.3 Å². The minimum atomic E-state index is 0.641. The van der Waals surface area contributed by atoms with Crippen LogP contribution in [-0.2, 0) is 6.42 Å². The molecule has 0 spiro atoms. The van der Waals surface area contributed by atoms with Gasteiger partial charge in [0.1, 0.15) is 0 Å². The number of anilines is 2. The molecule has 2 rings (SSSR count). The van der Waals surface area contributed by atoms with Crippen LogP contribution in [0.1, 0.15) is 10.4 Å². The molecule has 2 N–H and O–H groups in total. The van der Waals surface area contributed by atoms with Gasteiger partial charge in [0.15, 0.2) is 0 Å². The van der Waals surface area contributed by atoms with Gasteiger partial charge in [0.2, 0.25) is 0 Å². The van der Waals surface area contributed by atoms with Crippen LogP contribution in [0, 0.1) is 11.3 Å². The molecular formula is C14H15N3S. The van der Waals surface area contributed by atoms with E-state index in [1.54, 1.807) is 23.5 Å². The highest BCUT2D eigenvalue weighted by Gasteiger charge is 2.07. The average Bonchev–Trinajstić information content (AvgIpc) is 2.89. The van der Waals surface area contributed by atoms with Crippen LogP contribution in [-0.4, -0.2) is 13.6 Å². The van der Waals surface area contributed by atoms with E-state index >= 15 is 0 Å². The Morgan fingerprint density at radius 1 is 1.39 bits per heavy atom. The van der Waals surface area contributed by atoms with E-state index in [9.17, 15) is 0 Å². The van der Waals surface area contributed by atoms with Gasteiger partial charge in [0, 0.05) is 18.5 Å². The zero-order chi connectivity index (χ0) is 13.0. The Kier molecular flexibility index (Phi) is 3.85. The molecule has 0 amide bonds. The summed E-state index contributed by atoms with van der Waals surface area (Å²) in [6.07, 6.45) is 0.990. The number of nitriles is 1. The molecule has 0 aliphatic carbocycles. The largest absolute Gasteiger partial charge is 0.397 e. The van der Waals surface area contributed by atoms with Crippen LogP contribution in [0.3, 0.4) is 0 Å². The summed E-state index contributed by atoms with van der Waals surface area (Å²) >= 11 is 1.76. The molecule has 1 aromatic carbocycles. The van der Waals surface area contributed by atoms with E-state index in [0.717, 1.165) is 18.7 Å². The van der Waals surface area contributed by atoms with Crippen molar-refractivity contribution in [1.82, 2.24) is 0 Å². The van der Waals surface area contributed by atoms with Crippen molar-refractivity contribution in [3.05, 3.63) is 46.2 Å². The first kappa shape index (κ1) is 12.5. The lowest BCUT2D eigenvalue weighted by Gasteiger charge is -2.21. The Morgan fingerprint density at radius 2 is 2.22 bits per heavy atom. The Labute approximate surface area is 111 Å². The quantitative estimate of drug-likeness (QED) is 0.857. The molecule has 18 heavy (non-hydrogen) atoms. The second-order valence-electron chi connectivity index (χ2n) is 4.14. The van der Waals surface area contributed by atoms with Crippen molar-refractivity contribution < 1.29 is 0 Å². The zero-order valence-corrected chi connectivity index (χ0v) is 11.1. The second kappa shape index (κ2) is 5.56. The third kappa shape index (κ3) is 2.82. The normalized spacial score (nSPS) is 10.0. The number of rotatable bonds is 4. The Hall–Kier alpha value is -1.99. The van der Waals surface area contributed by atoms with E-state index in [2.05, 4.69) is 28.5 Å². The van der Waals surface area contributed by atoms with Gasteiger partial charge in [-0.05, 0) is 36.1 Å². The first-order valence-electron chi connectivity index (χ1n) is 5.74. The van der Waals surface area contributed by atoms with Crippen molar-refractivity contribution in [3.63, 3.8) is 0 Å². The summed E-state index contributed by atoms with van der Waals surface area (Å²) in [5.74, 6) is 0. The van der Waals surface area contributed by atoms with Crippen LogP contribution < -0.4 is 10.6 Å². The van der Waals surface area contributed by atoms with E-state index in [-0.39, 0.29) is 0 Å². The smallest absolute Gasteiger partial charge is 0.0992 e. The lowest BCUT2D eigenvalue weighted by molar-refractivity contribution is 0.888. The van der Waals surface area contributed by atoms with Crippen LogP contribution in [0.15, 0.2) is 35.7 Å². The molecule has 2 aromatic rings. The van der Waals surface area contributed by atoms with Gasteiger partial charge in [0.25, 0.3) is 0 Å². The van der Waals surface area contributed by atoms with Gasteiger partial charge in [-0.3, -0.25) is 0 Å². The molecule has 0 unspecified atom stereocenters. The van der Waals surface area contributed by atoms with Crippen molar-refractivity contribution in [3.8, 4) is 6.07 Å². The van der Waals surface area contributed by atoms with Gasteiger partial charge in [-0.1, -0.05) is 6.07 Å². The van der Waals surface area contributed by atoms with Gasteiger partial charge < -0.3 is 10.6 Å². The lowest BCUT2D eigenvalue weighted by Crippen LogP contribution is -2.21. The number of thiophene rings is 1. The molecule has 0 bridgehead atoms. The Balaban J connectivity index is 2.08. The van der Waals surface area contributed by atoms with E-state index in [1.807, 2.05) is 13.1 Å². The Bertz CT molecular complexity index is 555. The summed E-state index contributed by atoms with van der Waals surface area (Å²) in [4.78, 5) is 3.45. The first-order valence-corrected chi connectivity index (χ1v) is 6.62. The van der Waals surface area contributed by atoms with E-state index in [1.165, 1.54) is 4.88 Å². The minimum absolute atomic E-state index is 0.641. The molecule has 0 atom stereocenters. The average molecular weight is 257 g/mol. The first-order chi connectivity index (χ1) is 8.70. The van der Waals surface area contributed by atoms with Crippen molar-refractivity contribution in [2.75, 3.05) is 24.2 Å². The monoisotopic (exact) mass is 257 g/mol. The van der Waals surface area contributed by atoms with Gasteiger partial charge in [-0.15, -0.1) is 11.3 Å². The molecule has 0 saturated heterocycles. The maximum atomic E-state index is 8.91. The number of benzene rings is 1. The fourth-order valence-corrected chi connectivity index (χ4v) is 2.50. The number of likely N-dealkylation sites (N-methyl/N-ethyl adjacent to an activating group) is 1. The predicted octanol–water partition coefficient (Wildman–Crippen LogP) is 2.88. The van der Waals surface area contributed by atoms with Crippen molar-refractivity contribution >= 4 is 22.7 Å². The van der Waals surface area contributed by atoms with Crippen LogP contribution in [0.2, 0.25) is 0 Å².